The zero-order valence-electron chi connectivity index (χ0n) is 10.9. The lowest BCUT2D eigenvalue weighted by atomic mass is 9.87. The fourth-order valence-electron chi connectivity index (χ4n) is 2.88. The van der Waals surface area contributed by atoms with Gasteiger partial charge in [0.25, 0.3) is 0 Å². The second-order valence-corrected chi connectivity index (χ2v) is 4.85. The van der Waals surface area contributed by atoms with Crippen molar-refractivity contribution < 1.29 is 4.74 Å². The Hall–Kier alpha value is -0.860. The van der Waals surface area contributed by atoms with E-state index in [0.29, 0.717) is 18.1 Å². The Labute approximate surface area is 104 Å². The number of rotatable bonds is 5. The van der Waals surface area contributed by atoms with Crippen molar-refractivity contribution in [3.8, 4) is 0 Å². The van der Waals surface area contributed by atoms with Crippen molar-refractivity contribution >= 4 is 0 Å². The molecule has 0 saturated carbocycles. The Morgan fingerprint density at radius 1 is 1.35 bits per heavy atom. The number of hydrogen-bond acceptors (Lipinski definition) is 2. The molecule has 1 aromatic rings. The molecule has 1 aliphatic rings. The summed E-state index contributed by atoms with van der Waals surface area (Å²) < 4.78 is 5.80. The van der Waals surface area contributed by atoms with Gasteiger partial charge in [-0.3, -0.25) is 0 Å². The van der Waals surface area contributed by atoms with E-state index >= 15 is 0 Å². The summed E-state index contributed by atoms with van der Waals surface area (Å²) in [5.74, 6) is 0.658. The third-order valence-electron chi connectivity index (χ3n) is 3.85. The zero-order valence-corrected chi connectivity index (χ0v) is 10.9. The van der Waals surface area contributed by atoms with Gasteiger partial charge in [0.1, 0.15) is 0 Å². The Kier molecular flexibility index (Phi) is 4.57. The maximum atomic E-state index is 5.80. The van der Waals surface area contributed by atoms with Gasteiger partial charge in [0.15, 0.2) is 0 Å². The maximum absolute atomic E-state index is 5.80. The average Bonchev–Trinajstić information content (AvgIpc) is 2.85. The molecular formula is C15H23NO. The lowest BCUT2D eigenvalue weighted by Crippen LogP contribution is -2.39. The van der Waals surface area contributed by atoms with E-state index in [4.69, 9.17) is 4.74 Å². The second kappa shape index (κ2) is 6.18. The first kappa shape index (κ1) is 12.6. The van der Waals surface area contributed by atoms with E-state index in [9.17, 15) is 0 Å². The third kappa shape index (κ3) is 3.08. The highest BCUT2D eigenvalue weighted by atomic mass is 16.5. The first-order valence-electron chi connectivity index (χ1n) is 6.68. The topological polar surface area (TPSA) is 21.3 Å². The van der Waals surface area contributed by atoms with Crippen LogP contribution in [0.1, 0.15) is 25.3 Å². The number of ether oxygens (including phenoxy) is 1. The number of likely N-dealkylation sites (N-methyl/N-ethyl adjacent to an activating group) is 1. The summed E-state index contributed by atoms with van der Waals surface area (Å²) in [6, 6.07) is 11.3. The van der Waals surface area contributed by atoms with Crippen molar-refractivity contribution in [2.24, 2.45) is 5.92 Å². The number of benzene rings is 1. The fourth-order valence-corrected chi connectivity index (χ4v) is 2.88. The van der Waals surface area contributed by atoms with Gasteiger partial charge in [-0.15, -0.1) is 0 Å². The number of nitrogens with one attached hydrogen (secondary N) is 1. The maximum Gasteiger partial charge on any atom is 0.0616 e. The van der Waals surface area contributed by atoms with Crippen molar-refractivity contribution in [3.63, 3.8) is 0 Å². The highest BCUT2D eigenvalue weighted by Crippen LogP contribution is 2.28. The molecule has 0 aliphatic carbocycles. The third-order valence-corrected chi connectivity index (χ3v) is 3.85. The SMILES string of the molecule is CCC1OCCC1C(Cc1ccccc1)NC. The van der Waals surface area contributed by atoms with E-state index in [1.165, 1.54) is 12.0 Å². The van der Waals surface area contributed by atoms with Crippen LogP contribution in [0.3, 0.4) is 0 Å². The molecule has 3 atom stereocenters. The molecule has 0 bridgehead atoms. The summed E-state index contributed by atoms with van der Waals surface area (Å²) in [6.07, 6.45) is 3.85. The first-order valence-corrected chi connectivity index (χ1v) is 6.68. The fraction of sp³-hybridized carbons (Fsp3) is 0.600. The molecule has 2 heteroatoms. The second-order valence-electron chi connectivity index (χ2n) is 4.85. The van der Waals surface area contributed by atoms with Gasteiger partial charge in [0.05, 0.1) is 6.10 Å². The van der Waals surface area contributed by atoms with Gasteiger partial charge >= 0.3 is 0 Å². The van der Waals surface area contributed by atoms with Crippen LogP contribution in [0.2, 0.25) is 0 Å². The summed E-state index contributed by atoms with van der Waals surface area (Å²) in [5.41, 5.74) is 1.41. The van der Waals surface area contributed by atoms with E-state index in [2.05, 4.69) is 49.6 Å². The van der Waals surface area contributed by atoms with Gasteiger partial charge in [-0.2, -0.15) is 0 Å². The molecule has 0 spiro atoms. The molecular weight excluding hydrogens is 210 g/mol. The van der Waals surface area contributed by atoms with Crippen LogP contribution in [0, 0.1) is 5.92 Å². The van der Waals surface area contributed by atoms with E-state index in [0.717, 1.165) is 19.4 Å². The molecule has 3 unspecified atom stereocenters. The minimum absolute atomic E-state index is 0.441. The average molecular weight is 233 g/mol. The van der Waals surface area contributed by atoms with Crippen LogP contribution < -0.4 is 5.32 Å². The molecule has 1 aromatic carbocycles. The largest absolute Gasteiger partial charge is 0.378 e. The van der Waals surface area contributed by atoms with Crippen LogP contribution in [-0.4, -0.2) is 25.8 Å². The highest BCUT2D eigenvalue weighted by Gasteiger charge is 2.32. The minimum atomic E-state index is 0.441. The molecule has 2 rings (SSSR count). The van der Waals surface area contributed by atoms with E-state index in [-0.39, 0.29) is 0 Å². The lowest BCUT2D eigenvalue weighted by molar-refractivity contribution is 0.0783. The Morgan fingerprint density at radius 3 is 2.76 bits per heavy atom. The van der Waals surface area contributed by atoms with E-state index in [1.54, 1.807) is 0 Å². The summed E-state index contributed by atoms with van der Waals surface area (Å²) in [6.45, 7) is 3.15. The van der Waals surface area contributed by atoms with Crippen molar-refractivity contribution in [3.05, 3.63) is 35.9 Å². The van der Waals surface area contributed by atoms with Gasteiger partial charge in [0, 0.05) is 18.6 Å². The van der Waals surface area contributed by atoms with Gasteiger partial charge < -0.3 is 10.1 Å². The molecule has 2 nitrogen and oxygen atoms in total. The van der Waals surface area contributed by atoms with Crippen molar-refractivity contribution in [2.45, 2.75) is 38.3 Å². The van der Waals surface area contributed by atoms with Gasteiger partial charge in [-0.25, -0.2) is 0 Å². The van der Waals surface area contributed by atoms with Crippen molar-refractivity contribution in [1.82, 2.24) is 5.32 Å². The van der Waals surface area contributed by atoms with Crippen LogP contribution in [-0.2, 0) is 11.2 Å². The molecule has 1 saturated heterocycles. The monoisotopic (exact) mass is 233 g/mol. The summed E-state index contributed by atoms with van der Waals surface area (Å²) >= 11 is 0. The highest BCUT2D eigenvalue weighted by molar-refractivity contribution is 5.16. The minimum Gasteiger partial charge on any atom is -0.378 e. The van der Waals surface area contributed by atoms with E-state index in [1.807, 2.05) is 0 Å². The van der Waals surface area contributed by atoms with Crippen molar-refractivity contribution in [1.29, 1.82) is 0 Å². The first-order chi connectivity index (χ1) is 8.35. The van der Waals surface area contributed by atoms with Crippen LogP contribution in [0.25, 0.3) is 0 Å². The summed E-state index contributed by atoms with van der Waals surface area (Å²) in [4.78, 5) is 0. The molecule has 17 heavy (non-hydrogen) atoms. The van der Waals surface area contributed by atoms with Crippen LogP contribution in [0.4, 0.5) is 0 Å². The van der Waals surface area contributed by atoms with Gasteiger partial charge in [-0.05, 0) is 31.9 Å². The summed E-state index contributed by atoms with van der Waals surface area (Å²) in [7, 11) is 2.07. The predicted octanol–water partition coefficient (Wildman–Crippen LogP) is 2.63. The molecule has 1 aliphatic heterocycles. The predicted molar refractivity (Wildman–Crippen MR) is 71.1 cm³/mol. The quantitative estimate of drug-likeness (QED) is 0.844. The molecule has 94 valence electrons. The molecule has 0 aromatic heterocycles. The van der Waals surface area contributed by atoms with Crippen LogP contribution in [0.5, 0.6) is 0 Å². The number of hydrogen-bond donors (Lipinski definition) is 1. The van der Waals surface area contributed by atoms with Gasteiger partial charge in [0.2, 0.25) is 0 Å². The van der Waals surface area contributed by atoms with Crippen LogP contribution in [0.15, 0.2) is 30.3 Å². The standard InChI is InChI=1S/C15H23NO/c1-3-15-13(9-10-17-15)14(16-2)11-12-7-5-4-6-8-12/h4-8,13-16H,3,9-11H2,1-2H3. The van der Waals surface area contributed by atoms with E-state index < -0.39 is 0 Å². The molecule has 0 amide bonds. The Morgan fingerprint density at radius 2 is 2.12 bits per heavy atom. The summed E-state index contributed by atoms with van der Waals surface area (Å²) in [5, 5.41) is 3.48. The smallest absolute Gasteiger partial charge is 0.0616 e. The van der Waals surface area contributed by atoms with Gasteiger partial charge in [-0.1, -0.05) is 37.3 Å². The zero-order chi connectivity index (χ0) is 12.1. The molecule has 1 fully saturated rings. The molecule has 1 N–H and O–H groups in total. The van der Waals surface area contributed by atoms with Crippen LogP contribution >= 0.6 is 0 Å². The molecule has 0 radical (unpaired) electrons. The Balaban J connectivity index is 2.01. The van der Waals surface area contributed by atoms with Crippen molar-refractivity contribution in [2.75, 3.05) is 13.7 Å². The lowest BCUT2D eigenvalue weighted by Gasteiger charge is -2.27. The normalized spacial score (nSPS) is 26.0. The Bertz CT molecular complexity index is 325. The molecule has 1 heterocycles.